The molecular weight excluding hydrogens is 214 g/mol. The molecular formula is C14H19NO2. The summed E-state index contributed by atoms with van der Waals surface area (Å²) in [6.07, 6.45) is 4.27. The summed E-state index contributed by atoms with van der Waals surface area (Å²) in [5.41, 5.74) is 0.0828. The van der Waals surface area contributed by atoms with Crippen molar-refractivity contribution in [3.63, 3.8) is 0 Å². The van der Waals surface area contributed by atoms with Crippen LogP contribution in [0.15, 0.2) is 24.5 Å². The van der Waals surface area contributed by atoms with Gasteiger partial charge in [0.2, 0.25) is 0 Å². The first-order valence-electron chi connectivity index (χ1n) is 5.70. The normalized spacial score (nSPS) is 11.8. The summed E-state index contributed by atoms with van der Waals surface area (Å²) in [6, 6.07) is 4.02. The predicted molar refractivity (Wildman–Crippen MR) is 70.0 cm³/mol. The zero-order valence-electron chi connectivity index (χ0n) is 11.1. The maximum atomic E-state index is 5.30. The molecule has 17 heavy (non-hydrogen) atoms. The van der Waals surface area contributed by atoms with Crippen LogP contribution < -0.4 is 9.47 Å². The van der Waals surface area contributed by atoms with Crippen molar-refractivity contribution in [3.05, 3.63) is 24.5 Å². The molecule has 0 bridgehead atoms. The van der Waals surface area contributed by atoms with E-state index in [1.807, 2.05) is 12.1 Å². The quantitative estimate of drug-likeness (QED) is 0.793. The van der Waals surface area contributed by atoms with Gasteiger partial charge in [-0.05, 0) is 32.9 Å². The minimum Gasteiger partial charge on any atom is -0.493 e. The highest BCUT2D eigenvalue weighted by Gasteiger charge is 2.14. The summed E-state index contributed by atoms with van der Waals surface area (Å²) in [7, 11) is 3.31. The van der Waals surface area contributed by atoms with Crippen LogP contribution in [-0.2, 0) is 5.54 Å². The van der Waals surface area contributed by atoms with Crippen molar-refractivity contribution in [1.82, 2.24) is 4.57 Å². The first-order valence-corrected chi connectivity index (χ1v) is 5.70. The van der Waals surface area contributed by atoms with E-state index in [9.17, 15) is 0 Å². The maximum Gasteiger partial charge on any atom is 0.161 e. The number of ether oxygens (including phenoxy) is 2. The number of benzene rings is 1. The second kappa shape index (κ2) is 3.99. The highest BCUT2D eigenvalue weighted by Crippen LogP contribution is 2.33. The lowest BCUT2D eigenvalue weighted by molar-refractivity contribution is 0.356. The van der Waals surface area contributed by atoms with Crippen molar-refractivity contribution in [2.24, 2.45) is 0 Å². The lowest BCUT2D eigenvalue weighted by atomic mass is 10.1. The predicted octanol–water partition coefficient (Wildman–Crippen LogP) is 3.41. The van der Waals surface area contributed by atoms with E-state index < -0.39 is 0 Å². The molecule has 2 rings (SSSR count). The molecule has 0 aliphatic heterocycles. The van der Waals surface area contributed by atoms with Gasteiger partial charge in [-0.3, -0.25) is 0 Å². The van der Waals surface area contributed by atoms with Gasteiger partial charge in [0.1, 0.15) is 0 Å². The molecule has 3 heteroatoms. The molecule has 3 nitrogen and oxygen atoms in total. The van der Waals surface area contributed by atoms with E-state index in [0.717, 1.165) is 22.3 Å². The van der Waals surface area contributed by atoms with Crippen molar-refractivity contribution < 1.29 is 9.47 Å². The number of methoxy groups -OCH3 is 2. The smallest absolute Gasteiger partial charge is 0.161 e. The summed E-state index contributed by atoms with van der Waals surface area (Å²) in [5.74, 6) is 1.54. The van der Waals surface area contributed by atoms with Gasteiger partial charge in [-0.1, -0.05) is 0 Å². The molecule has 92 valence electrons. The Morgan fingerprint density at radius 3 is 1.59 bits per heavy atom. The molecule has 1 aromatic heterocycles. The van der Waals surface area contributed by atoms with Gasteiger partial charge in [-0.15, -0.1) is 0 Å². The maximum absolute atomic E-state index is 5.30. The Labute approximate surface area is 102 Å². The minimum absolute atomic E-state index is 0.0828. The second-order valence-electron chi connectivity index (χ2n) is 5.17. The molecule has 0 aliphatic rings. The van der Waals surface area contributed by atoms with E-state index in [0.29, 0.717) is 0 Å². The average molecular weight is 233 g/mol. The Balaban J connectivity index is 2.61. The van der Waals surface area contributed by atoms with Crippen LogP contribution in [0.5, 0.6) is 11.5 Å². The molecule has 0 atom stereocenters. The second-order valence-corrected chi connectivity index (χ2v) is 5.17. The topological polar surface area (TPSA) is 23.4 Å². The van der Waals surface area contributed by atoms with Crippen LogP contribution in [0, 0.1) is 0 Å². The van der Waals surface area contributed by atoms with E-state index in [-0.39, 0.29) is 5.54 Å². The van der Waals surface area contributed by atoms with Crippen LogP contribution in [0.25, 0.3) is 10.8 Å². The Morgan fingerprint density at radius 2 is 1.29 bits per heavy atom. The molecule has 0 spiro atoms. The number of rotatable bonds is 2. The lowest BCUT2D eigenvalue weighted by Gasteiger charge is -2.20. The summed E-state index contributed by atoms with van der Waals surface area (Å²) in [4.78, 5) is 0. The molecule has 0 radical (unpaired) electrons. The van der Waals surface area contributed by atoms with E-state index in [4.69, 9.17) is 9.47 Å². The number of hydrogen-bond acceptors (Lipinski definition) is 2. The third-order valence-electron chi connectivity index (χ3n) is 2.92. The van der Waals surface area contributed by atoms with E-state index in [1.54, 1.807) is 14.2 Å². The number of hydrogen-bond donors (Lipinski definition) is 0. The summed E-state index contributed by atoms with van der Waals surface area (Å²) < 4.78 is 12.8. The SMILES string of the molecule is COc1cc2cn(C(C)(C)C)cc2cc1OC. The fraction of sp³-hybridized carbons (Fsp3) is 0.429. The fourth-order valence-electron chi connectivity index (χ4n) is 1.86. The first kappa shape index (κ1) is 11.8. The van der Waals surface area contributed by atoms with Gasteiger partial charge in [0.05, 0.1) is 14.2 Å². The van der Waals surface area contributed by atoms with Crippen molar-refractivity contribution in [2.75, 3.05) is 14.2 Å². The molecule has 0 aliphatic carbocycles. The zero-order chi connectivity index (χ0) is 12.6. The molecule has 0 fully saturated rings. The zero-order valence-corrected chi connectivity index (χ0v) is 11.1. The molecule has 0 unspecified atom stereocenters. The third-order valence-corrected chi connectivity index (χ3v) is 2.92. The molecule has 0 N–H and O–H groups in total. The van der Waals surface area contributed by atoms with Crippen molar-refractivity contribution in [3.8, 4) is 11.5 Å². The van der Waals surface area contributed by atoms with Crippen LogP contribution in [0.1, 0.15) is 20.8 Å². The van der Waals surface area contributed by atoms with Gasteiger partial charge in [-0.25, -0.2) is 0 Å². The van der Waals surface area contributed by atoms with Crippen LogP contribution in [0.2, 0.25) is 0 Å². The average Bonchev–Trinajstić information content (AvgIpc) is 2.69. The largest absolute Gasteiger partial charge is 0.493 e. The summed E-state index contributed by atoms with van der Waals surface area (Å²) >= 11 is 0. The first-order chi connectivity index (χ1) is 7.95. The molecule has 0 saturated heterocycles. The van der Waals surface area contributed by atoms with Gasteiger partial charge in [0, 0.05) is 28.7 Å². The highest BCUT2D eigenvalue weighted by atomic mass is 16.5. The summed E-state index contributed by atoms with van der Waals surface area (Å²) in [5, 5.41) is 2.33. The number of aromatic nitrogens is 1. The monoisotopic (exact) mass is 233 g/mol. The molecule has 2 aromatic rings. The number of fused-ring (bicyclic) bond motifs is 1. The van der Waals surface area contributed by atoms with Crippen molar-refractivity contribution in [1.29, 1.82) is 0 Å². The van der Waals surface area contributed by atoms with Gasteiger partial charge in [-0.2, -0.15) is 0 Å². The molecule has 1 heterocycles. The van der Waals surface area contributed by atoms with E-state index in [2.05, 4.69) is 37.7 Å². The standard InChI is InChI=1S/C14H19NO2/c1-14(2,3)15-8-10-6-12(16-4)13(17-5)7-11(10)9-15/h6-9H,1-5H3. The van der Waals surface area contributed by atoms with Crippen molar-refractivity contribution in [2.45, 2.75) is 26.3 Å². The molecule has 0 saturated carbocycles. The molecule has 0 amide bonds. The van der Waals surface area contributed by atoms with Gasteiger partial charge >= 0.3 is 0 Å². The van der Waals surface area contributed by atoms with Crippen molar-refractivity contribution >= 4 is 10.8 Å². The van der Waals surface area contributed by atoms with Crippen LogP contribution >= 0.6 is 0 Å². The van der Waals surface area contributed by atoms with Crippen LogP contribution in [0.3, 0.4) is 0 Å². The Morgan fingerprint density at radius 1 is 0.882 bits per heavy atom. The highest BCUT2D eigenvalue weighted by molar-refractivity contribution is 5.86. The molecule has 1 aromatic carbocycles. The van der Waals surface area contributed by atoms with Gasteiger partial charge in [0.25, 0.3) is 0 Å². The van der Waals surface area contributed by atoms with Gasteiger partial charge < -0.3 is 14.0 Å². The fourth-order valence-corrected chi connectivity index (χ4v) is 1.86. The minimum atomic E-state index is 0.0828. The third kappa shape index (κ3) is 2.09. The lowest BCUT2D eigenvalue weighted by Crippen LogP contribution is -2.19. The Hall–Kier alpha value is -1.64. The summed E-state index contributed by atoms with van der Waals surface area (Å²) in [6.45, 7) is 6.54. The van der Waals surface area contributed by atoms with Crippen LogP contribution in [-0.4, -0.2) is 18.8 Å². The van der Waals surface area contributed by atoms with Crippen LogP contribution in [0.4, 0.5) is 0 Å². The Bertz CT molecular complexity index is 494. The number of nitrogens with zero attached hydrogens (tertiary/aromatic N) is 1. The van der Waals surface area contributed by atoms with Gasteiger partial charge in [0.15, 0.2) is 11.5 Å². The Kier molecular flexibility index (Phi) is 2.77. The van der Waals surface area contributed by atoms with E-state index >= 15 is 0 Å². The van der Waals surface area contributed by atoms with E-state index in [1.165, 1.54) is 0 Å².